The van der Waals surface area contributed by atoms with Crippen LogP contribution in [0.15, 0.2) is 36.4 Å². The molecule has 0 N–H and O–H groups in total. The maximum atomic E-state index is 14.2. The van der Waals surface area contributed by atoms with Gasteiger partial charge in [0.2, 0.25) is 5.95 Å². The quantitative estimate of drug-likeness (QED) is 0.438. The van der Waals surface area contributed by atoms with Crippen molar-refractivity contribution in [3.8, 4) is 0 Å². The van der Waals surface area contributed by atoms with Crippen LogP contribution < -0.4 is 4.90 Å². The molecule has 11 heteroatoms. The molecule has 0 aliphatic carbocycles. The second-order valence-electron chi connectivity index (χ2n) is 8.17. The van der Waals surface area contributed by atoms with Crippen molar-refractivity contribution >= 4 is 40.0 Å². The van der Waals surface area contributed by atoms with E-state index in [4.69, 9.17) is 21.3 Å². The van der Waals surface area contributed by atoms with E-state index >= 15 is 0 Å². The summed E-state index contributed by atoms with van der Waals surface area (Å²) in [6, 6.07) is 8.44. The fraction of sp³-hybridized carbons (Fsp3) is 0.304. The molecule has 3 heterocycles. The van der Waals surface area contributed by atoms with E-state index in [9.17, 15) is 13.6 Å². The maximum absolute atomic E-state index is 14.2. The molecule has 0 unspecified atom stereocenters. The lowest BCUT2D eigenvalue weighted by atomic mass is 10.1. The van der Waals surface area contributed by atoms with Gasteiger partial charge in [0.1, 0.15) is 23.8 Å². The molecular weight excluding hydrogens is 466 g/mol. The lowest BCUT2D eigenvalue weighted by Crippen LogP contribution is -2.55. The lowest BCUT2D eigenvalue weighted by Gasteiger charge is -2.40. The number of aromatic nitrogens is 4. The van der Waals surface area contributed by atoms with Crippen LogP contribution in [0.1, 0.15) is 23.1 Å². The van der Waals surface area contributed by atoms with Gasteiger partial charge in [-0.1, -0.05) is 17.7 Å². The molecule has 1 amide bonds. The zero-order chi connectivity index (χ0) is 24.0. The largest absolute Gasteiger partial charge is 0.377 e. The van der Waals surface area contributed by atoms with Crippen LogP contribution in [0.2, 0.25) is 5.02 Å². The second-order valence-corrected chi connectivity index (χ2v) is 8.61. The summed E-state index contributed by atoms with van der Waals surface area (Å²) in [5.41, 5.74) is 0.735. The highest BCUT2D eigenvalue weighted by atomic mass is 35.5. The summed E-state index contributed by atoms with van der Waals surface area (Å²) < 4.78 is 35.6. The van der Waals surface area contributed by atoms with Crippen molar-refractivity contribution in [2.45, 2.75) is 19.6 Å². The number of hydrogen-bond acceptors (Lipinski definition) is 6. The topological polar surface area (TPSA) is 75.9 Å². The highest BCUT2D eigenvalue weighted by molar-refractivity contribution is 6.31. The molecule has 176 valence electrons. The van der Waals surface area contributed by atoms with Crippen LogP contribution in [-0.4, -0.2) is 63.2 Å². The smallest absolute Gasteiger partial charge is 0.260 e. The maximum Gasteiger partial charge on any atom is 0.260 e. The number of ether oxygens (including phenoxy) is 1. The summed E-state index contributed by atoms with van der Waals surface area (Å²) in [7, 11) is 1.57. The molecule has 2 aromatic heterocycles. The number of methoxy groups -OCH3 is 1. The second kappa shape index (κ2) is 8.77. The Morgan fingerprint density at radius 3 is 2.65 bits per heavy atom. The SMILES string of the molecule is COCc1nnc2c3ccc(Cl)cc3nc(N3CCN(C(=O)c4c(F)cccc4F)[C@@H](C)C3)n12. The summed E-state index contributed by atoms with van der Waals surface area (Å²) in [5, 5.41) is 9.96. The van der Waals surface area contributed by atoms with Crippen molar-refractivity contribution in [1.29, 1.82) is 0 Å². The number of anilines is 1. The normalized spacial score (nSPS) is 16.6. The van der Waals surface area contributed by atoms with Crippen molar-refractivity contribution in [2.75, 3.05) is 31.6 Å². The number of benzene rings is 2. The Bertz CT molecular complexity index is 1390. The Labute approximate surface area is 198 Å². The van der Waals surface area contributed by atoms with E-state index in [1.165, 1.54) is 11.0 Å². The number of rotatable bonds is 4. The van der Waals surface area contributed by atoms with Crippen LogP contribution >= 0.6 is 11.6 Å². The van der Waals surface area contributed by atoms with Crippen LogP contribution in [0.25, 0.3) is 16.6 Å². The van der Waals surface area contributed by atoms with Gasteiger partial charge in [0.05, 0.1) is 5.52 Å². The number of hydrogen-bond donors (Lipinski definition) is 0. The minimum Gasteiger partial charge on any atom is -0.377 e. The van der Waals surface area contributed by atoms with Gasteiger partial charge in [-0.05, 0) is 37.3 Å². The number of fused-ring (bicyclic) bond motifs is 3. The minimum atomic E-state index is -0.872. The summed E-state index contributed by atoms with van der Waals surface area (Å²) in [6.45, 7) is 3.10. The van der Waals surface area contributed by atoms with Gasteiger partial charge in [-0.3, -0.25) is 4.79 Å². The lowest BCUT2D eigenvalue weighted by molar-refractivity contribution is 0.0663. The van der Waals surface area contributed by atoms with E-state index in [0.29, 0.717) is 41.0 Å². The number of amides is 1. The van der Waals surface area contributed by atoms with E-state index in [2.05, 4.69) is 10.2 Å². The monoisotopic (exact) mass is 486 g/mol. The van der Waals surface area contributed by atoms with Crippen LogP contribution in [0.5, 0.6) is 0 Å². The molecule has 1 fully saturated rings. The first-order valence-electron chi connectivity index (χ1n) is 10.7. The van der Waals surface area contributed by atoms with E-state index in [1.807, 2.05) is 22.3 Å². The molecule has 1 aliphatic heterocycles. The summed E-state index contributed by atoms with van der Waals surface area (Å²) in [5.74, 6) is -1.25. The molecule has 8 nitrogen and oxygen atoms in total. The van der Waals surface area contributed by atoms with Gasteiger partial charge in [0.25, 0.3) is 5.91 Å². The van der Waals surface area contributed by atoms with Crippen molar-refractivity contribution in [2.24, 2.45) is 0 Å². The zero-order valence-electron chi connectivity index (χ0n) is 18.5. The molecule has 1 aliphatic rings. The average Bonchev–Trinajstić information content (AvgIpc) is 3.22. The number of carbonyl (C=O) groups is 1. The number of halogens is 3. The Morgan fingerprint density at radius 1 is 1.18 bits per heavy atom. The summed E-state index contributed by atoms with van der Waals surface area (Å²) in [4.78, 5) is 21.3. The number of carbonyl (C=O) groups excluding carboxylic acids is 1. The molecule has 4 aromatic rings. The van der Waals surface area contributed by atoms with E-state index in [-0.39, 0.29) is 19.2 Å². The van der Waals surface area contributed by atoms with E-state index < -0.39 is 23.1 Å². The Kier molecular flexibility index (Phi) is 5.78. The van der Waals surface area contributed by atoms with Crippen LogP contribution in [0.3, 0.4) is 0 Å². The molecule has 1 atom stereocenters. The van der Waals surface area contributed by atoms with Crippen molar-refractivity contribution in [1.82, 2.24) is 24.5 Å². The van der Waals surface area contributed by atoms with Gasteiger partial charge in [0, 0.05) is 43.2 Å². The Hall–Kier alpha value is -3.37. The zero-order valence-corrected chi connectivity index (χ0v) is 19.3. The molecule has 2 aromatic carbocycles. The fourth-order valence-corrected chi connectivity index (χ4v) is 4.53. The highest BCUT2D eigenvalue weighted by Crippen LogP contribution is 2.28. The van der Waals surface area contributed by atoms with Crippen molar-refractivity contribution < 1.29 is 18.3 Å². The third-order valence-electron chi connectivity index (χ3n) is 5.97. The molecule has 0 spiro atoms. The highest BCUT2D eigenvalue weighted by Gasteiger charge is 2.33. The fourth-order valence-electron chi connectivity index (χ4n) is 4.37. The van der Waals surface area contributed by atoms with Crippen LogP contribution in [-0.2, 0) is 11.3 Å². The molecule has 34 heavy (non-hydrogen) atoms. The van der Waals surface area contributed by atoms with E-state index in [0.717, 1.165) is 17.5 Å². The predicted octanol–water partition coefficient (Wildman–Crippen LogP) is 3.71. The van der Waals surface area contributed by atoms with Gasteiger partial charge in [-0.15, -0.1) is 10.2 Å². The van der Waals surface area contributed by atoms with Gasteiger partial charge >= 0.3 is 0 Å². The Morgan fingerprint density at radius 2 is 1.94 bits per heavy atom. The van der Waals surface area contributed by atoms with Crippen molar-refractivity contribution in [3.05, 3.63) is 64.4 Å². The molecule has 0 radical (unpaired) electrons. The predicted molar refractivity (Wildman–Crippen MR) is 123 cm³/mol. The molecule has 5 rings (SSSR count). The molecule has 0 bridgehead atoms. The first-order chi connectivity index (χ1) is 16.4. The van der Waals surface area contributed by atoms with Gasteiger partial charge < -0.3 is 14.5 Å². The standard InChI is InChI=1S/C23H21ClF2N6O2/c1-13-11-30(8-9-31(13)22(33)20-16(25)4-3-5-17(20)26)23-27-18-10-14(24)6-7-15(18)21-29-28-19(12-34-2)32(21)23/h3-7,10,13H,8-9,11-12H2,1-2H3/t13-/m0/s1. The van der Waals surface area contributed by atoms with Gasteiger partial charge in [-0.2, -0.15) is 0 Å². The van der Waals surface area contributed by atoms with Gasteiger partial charge in [0.15, 0.2) is 11.5 Å². The van der Waals surface area contributed by atoms with E-state index in [1.54, 1.807) is 19.2 Å². The molecular formula is C23H21ClF2N6O2. The number of piperazine rings is 1. The third kappa shape index (κ3) is 3.72. The number of nitrogens with zero attached hydrogens (tertiary/aromatic N) is 6. The van der Waals surface area contributed by atoms with Crippen LogP contribution in [0.4, 0.5) is 14.7 Å². The first-order valence-corrected chi connectivity index (χ1v) is 11.1. The van der Waals surface area contributed by atoms with Gasteiger partial charge in [-0.25, -0.2) is 18.2 Å². The Balaban J connectivity index is 1.52. The minimum absolute atomic E-state index is 0.232. The average molecular weight is 487 g/mol. The summed E-state index contributed by atoms with van der Waals surface area (Å²) in [6.07, 6.45) is 0. The van der Waals surface area contributed by atoms with Crippen molar-refractivity contribution in [3.63, 3.8) is 0 Å². The first kappa shape index (κ1) is 22.4. The van der Waals surface area contributed by atoms with Crippen LogP contribution in [0, 0.1) is 11.6 Å². The molecule has 1 saturated heterocycles. The molecule has 0 saturated carbocycles. The third-order valence-corrected chi connectivity index (χ3v) is 6.21. The summed E-state index contributed by atoms with van der Waals surface area (Å²) >= 11 is 6.20.